The first-order valence-corrected chi connectivity index (χ1v) is 8.22. The number of hydrogen-bond donors (Lipinski definition) is 0. The number of rotatable bonds is 2. The normalized spacial score (nSPS) is 11.7. The Kier molecular flexibility index (Phi) is 3.37. The molecule has 22 heavy (non-hydrogen) atoms. The Balaban J connectivity index is 2.29. The Bertz CT molecular complexity index is 1030. The molecule has 0 saturated heterocycles. The fourth-order valence-electron chi connectivity index (χ4n) is 2.32. The number of sulfone groups is 1. The topological polar surface area (TPSA) is 64.3 Å². The smallest absolute Gasteiger partial charge is 0.355 e. The number of fused-ring (bicyclic) bond motifs is 1. The van der Waals surface area contributed by atoms with Crippen LogP contribution < -0.4 is 5.63 Å². The Morgan fingerprint density at radius 1 is 0.909 bits per heavy atom. The van der Waals surface area contributed by atoms with Crippen LogP contribution in [0.5, 0.6) is 0 Å². The highest BCUT2D eigenvalue weighted by Crippen LogP contribution is 2.23. The first-order valence-electron chi connectivity index (χ1n) is 6.74. The summed E-state index contributed by atoms with van der Waals surface area (Å²) in [5.74, 6) is 0. The molecule has 0 atom stereocenters. The Morgan fingerprint density at radius 2 is 1.64 bits per heavy atom. The van der Waals surface area contributed by atoms with Gasteiger partial charge in [-0.3, -0.25) is 0 Å². The monoisotopic (exact) mass is 314 g/mol. The summed E-state index contributed by atoms with van der Waals surface area (Å²) >= 11 is 0. The van der Waals surface area contributed by atoms with E-state index in [0.717, 1.165) is 11.1 Å². The van der Waals surface area contributed by atoms with Crippen LogP contribution in [-0.4, -0.2) is 8.42 Å². The molecule has 0 fully saturated rings. The van der Waals surface area contributed by atoms with Crippen molar-refractivity contribution in [3.05, 3.63) is 70.1 Å². The molecular formula is C17H14O4S. The van der Waals surface area contributed by atoms with Crippen LogP contribution in [0.25, 0.3) is 11.0 Å². The van der Waals surface area contributed by atoms with Crippen LogP contribution in [0, 0.1) is 13.8 Å². The van der Waals surface area contributed by atoms with Crippen molar-refractivity contribution < 1.29 is 12.8 Å². The van der Waals surface area contributed by atoms with Gasteiger partial charge in [0.15, 0.2) is 4.90 Å². The van der Waals surface area contributed by atoms with E-state index in [4.69, 9.17) is 4.42 Å². The average Bonchev–Trinajstić information content (AvgIpc) is 2.47. The lowest BCUT2D eigenvalue weighted by Crippen LogP contribution is -2.14. The van der Waals surface area contributed by atoms with Gasteiger partial charge in [-0.25, -0.2) is 13.2 Å². The molecule has 0 amide bonds. The molecule has 2 aromatic carbocycles. The summed E-state index contributed by atoms with van der Waals surface area (Å²) < 4.78 is 30.5. The summed E-state index contributed by atoms with van der Waals surface area (Å²) in [4.78, 5) is 11.8. The summed E-state index contributed by atoms with van der Waals surface area (Å²) in [7, 11) is -3.90. The van der Waals surface area contributed by atoms with Gasteiger partial charge in [0, 0.05) is 5.39 Å². The quantitative estimate of drug-likeness (QED) is 0.681. The summed E-state index contributed by atoms with van der Waals surface area (Å²) in [5.41, 5.74) is 1.29. The van der Waals surface area contributed by atoms with Crippen LogP contribution in [0.2, 0.25) is 0 Å². The minimum atomic E-state index is -3.90. The molecule has 0 unspecified atom stereocenters. The van der Waals surface area contributed by atoms with E-state index < -0.39 is 15.5 Å². The van der Waals surface area contributed by atoms with E-state index >= 15 is 0 Å². The van der Waals surface area contributed by atoms with Crippen molar-refractivity contribution in [2.24, 2.45) is 0 Å². The van der Waals surface area contributed by atoms with Gasteiger partial charge >= 0.3 is 5.63 Å². The lowest BCUT2D eigenvalue weighted by molar-refractivity contribution is 0.532. The maximum Gasteiger partial charge on any atom is 0.355 e. The second-order valence-corrected chi connectivity index (χ2v) is 7.18. The molecule has 0 bridgehead atoms. The molecule has 0 aliphatic carbocycles. The van der Waals surface area contributed by atoms with E-state index in [1.807, 2.05) is 6.92 Å². The van der Waals surface area contributed by atoms with Gasteiger partial charge in [-0.15, -0.1) is 0 Å². The Hall–Kier alpha value is -2.40. The molecule has 4 nitrogen and oxygen atoms in total. The van der Waals surface area contributed by atoms with Crippen LogP contribution in [0.3, 0.4) is 0 Å². The fourth-order valence-corrected chi connectivity index (χ4v) is 3.72. The second-order valence-electron chi connectivity index (χ2n) is 5.26. The van der Waals surface area contributed by atoms with Gasteiger partial charge in [-0.1, -0.05) is 23.8 Å². The van der Waals surface area contributed by atoms with Crippen molar-refractivity contribution in [2.45, 2.75) is 23.6 Å². The third-order valence-corrected chi connectivity index (χ3v) is 5.18. The van der Waals surface area contributed by atoms with E-state index in [0.29, 0.717) is 11.0 Å². The number of aryl methyl sites for hydroxylation is 2. The Morgan fingerprint density at radius 3 is 2.36 bits per heavy atom. The lowest BCUT2D eigenvalue weighted by atomic mass is 10.2. The van der Waals surface area contributed by atoms with E-state index in [2.05, 4.69) is 0 Å². The van der Waals surface area contributed by atoms with Gasteiger partial charge in [0.25, 0.3) is 0 Å². The zero-order valence-corrected chi connectivity index (χ0v) is 13.0. The van der Waals surface area contributed by atoms with E-state index in [9.17, 15) is 13.2 Å². The van der Waals surface area contributed by atoms with Gasteiger partial charge in [0.05, 0.1) is 4.90 Å². The van der Waals surface area contributed by atoms with Gasteiger partial charge in [-0.2, -0.15) is 0 Å². The lowest BCUT2D eigenvalue weighted by Gasteiger charge is -2.06. The predicted molar refractivity (Wildman–Crippen MR) is 83.9 cm³/mol. The molecule has 0 saturated carbocycles. The molecule has 5 heteroatoms. The summed E-state index contributed by atoms with van der Waals surface area (Å²) in [5, 5.41) is 0.589. The average molecular weight is 314 g/mol. The Labute approximate surface area is 127 Å². The molecule has 0 aliphatic heterocycles. The molecule has 0 spiro atoms. The van der Waals surface area contributed by atoms with Crippen molar-refractivity contribution in [3.8, 4) is 0 Å². The van der Waals surface area contributed by atoms with Gasteiger partial charge in [0.2, 0.25) is 9.84 Å². The largest absolute Gasteiger partial charge is 0.422 e. The van der Waals surface area contributed by atoms with Crippen molar-refractivity contribution >= 4 is 20.8 Å². The van der Waals surface area contributed by atoms with Gasteiger partial charge in [0.1, 0.15) is 5.58 Å². The molecular weight excluding hydrogens is 300 g/mol. The van der Waals surface area contributed by atoms with E-state index in [1.165, 1.54) is 18.2 Å². The molecule has 3 rings (SSSR count). The fraction of sp³-hybridized carbons (Fsp3) is 0.118. The van der Waals surface area contributed by atoms with Crippen LogP contribution in [0.4, 0.5) is 0 Å². The summed E-state index contributed by atoms with van der Waals surface area (Å²) in [6.45, 7) is 3.69. The first-order chi connectivity index (χ1) is 10.4. The highest BCUT2D eigenvalue weighted by atomic mass is 32.2. The third kappa shape index (κ3) is 2.44. The van der Waals surface area contributed by atoms with Crippen LogP contribution >= 0.6 is 0 Å². The zero-order valence-electron chi connectivity index (χ0n) is 12.2. The first kappa shape index (κ1) is 14.5. The van der Waals surface area contributed by atoms with E-state index in [1.54, 1.807) is 37.3 Å². The highest BCUT2D eigenvalue weighted by molar-refractivity contribution is 7.91. The zero-order chi connectivity index (χ0) is 15.9. The van der Waals surface area contributed by atoms with Crippen molar-refractivity contribution in [1.29, 1.82) is 0 Å². The molecule has 0 radical (unpaired) electrons. The molecule has 0 N–H and O–H groups in total. The van der Waals surface area contributed by atoms with Crippen molar-refractivity contribution in [3.63, 3.8) is 0 Å². The van der Waals surface area contributed by atoms with Gasteiger partial charge < -0.3 is 4.42 Å². The number of hydrogen-bond acceptors (Lipinski definition) is 4. The molecule has 1 heterocycles. The maximum absolute atomic E-state index is 12.7. The van der Waals surface area contributed by atoms with Crippen LogP contribution in [-0.2, 0) is 9.84 Å². The predicted octanol–water partition coefficient (Wildman–Crippen LogP) is 3.24. The standard InChI is InChI=1S/C17H14O4S/c1-11-4-3-5-14(9-11)22(19,20)16-10-13-8-12(2)6-7-15(13)21-17(16)18/h3-10H,1-2H3. The molecule has 0 aliphatic rings. The van der Waals surface area contributed by atoms with Crippen molar-refractivity contribution in [1.82, 2.24) is 0 Å². The summed E-state index contributed by atoms with van der Waals surface area (Å²) in [6, 6.07) is 13.1. The molecule has 112 valence electrons. The minimum Gasteiger partial charge on any atom is -0.422 e. The van der Waals surface area contributed by atoms with E-state index in [-0.39, 0.29) is 9.79 Å². The minimum absolute atomic E-state index is 0.0896. The van der Waals surface area contributed by atoms with Gasteiger partial charge in [-0.05, 0) is 49.7 Å². The highest BCUT2D eigenvalue weighted by Gasteiger charge is 2.23. The van der Waals surface area contributed by atoms with Crippen LogP contribution in [0.15, 0.2) is 67.5 Å². The second kappa shape index (κ2) is 5.10. The maximum atomic E-state index is 12.7. The molecule has 1 aromatic heterocycles. The number of benzene rings is 2. The van der Waals surface area contributed by atoms with Crippen molar-refractivity contribution in [2.75, 3.05) is 0 Å². The molecule has 3 aromatic rings. The SMILES string of the molecule is Cc1cccc(S(=O)(=O)c2cc3cc(C)ccc3oc2=O)c1. The summed E-state index contributed by atoms with van der Waals surface area (Å²) in [6.07, 6.45) is 0. The van der Waals surface area contributed by atoms with Crippen LogP contribution in [0.1, 0.15) is 11.1 Å². The third-order valence-electron chi connectivity index (χ3n) is 3.45.